The van der Waals surface area contributed by atoms with Crippen molar-refractivity contribution in [3.63, 3.8) is 0 Å². The number of hydrogen-bond acceptors (Lipinski definition) is 2. The first-order valence-electron chi connectivity index (χ1n) is 7.71. The summed E-state index contributed by atoms with van der Waals surface area (Å²) in [7, 11) is 5.61. The van der Waals surface area contributed by atoms with E-state index in [2.05, 4.69) is 6.08 Å². The van der Waals surface area contributed by atoms with Gasteiger partial charge in [0.1, 0.15) is 4.91 Å². The fourth-order valence-corrected chi connectivity index (χ4v) is 4.02. The van der Waals surface area contributed by atoms with Gasteiger partial charge >= 0.3 is 37.9 Å². The van der Waals surface area contributed by atoms with Crippen molar-refractivity contribution in [2.24, 2.45) is 0 Å². The van der Waals surface area contributed by atoms with Crippen molar-refractivity contribution >= 4 is 32.7 Å². The molecule has 0 spiro atoms. The van der Waals surface area contributed by atoms with E-state index in [0.29, 0.717) is 24.0 Å². The Balaban J connectivity index is 0.000000701. The van der Waals surface area contributed by atoms with Gasteiger partial charge in [-0.15, -0.1) is 0 Å². The van der Waals surface area contributed by atoms with Crippen molar-refractivity contribution in [3.8, 4) is 0 Å². The van der Waals surface area contributed by atoms with Gasteiger partial charge in [-0.05, 0) is 52.8 Å². The Hall–Kier alpha value is -0.447. The van der Waals surface area contributed by atoms with Crippen LogP contribution in [0.5, 0.6) is 0 Å². The van der Waals surface area contributed by atoms with Crippen LogP contribution in [0.1, 0.15) is 32.3 Å². The van der Waals surface area contributed by atoms with Crippen LogP contribution in [0.2, 0.25) is 0 Å². The van der Waals surface area contributed by atoms with E-state index in [-0.39, 0.29) is 4.91 Å². The Morgan fingerprint density at radius 2 is 1.72 bits per heavy atom. The maximum absolute atomic E-state index is 11.8. The average molecular weight is 476 g/mol. The minimum absolute atomic E-state index is 0.0315. The molecule has 2 aliphatic rings. The fraction of sp³-hybridized carbons (Fsp3) is 0.222. The van der Waals surface area contributed by atoms with Crippen molar-refractivity contribution in [1.82, 2.24) is 0 Å². The quantitative estimate of drug-likeness (QED) is 0.589. The third kappa shape index (κ3) is 4.46. The van der Waals surface area contributed by atoms with Gasteiger partial charge in [0, 0.05) is 5.57 Å². The van der Waals surface area contributed by atoms with E-state index >= 15 is 0 Å². The van der Waals surface area contributed by atoms with E-state index in [1.54, 1.807) is 0 Å². The molecule has 0 amide bonds. The summed E-state index contributed by atoms with van der Waals surface area (Å²) in [5, 5.41) is 0. The van der Waals surface area contributed by atoms with E-state index in [0.717, 1.165) is 22.3 Å². The monoisotopic (exact) mass is 473 g/mol. The molecule has 131 valence electrons. The third-order valence-corrected chi connectivity index (χ3v) is 4.98. The summed E-state index contributed by atoms with van der Waals surface area (Å²) in [6.07, 6.45) is 6.42. The average Bonchev–Trinajstić information content (AvgIpc) is 3.12. The summed E-state index contributed by atoms with van der Waals surface area (Å²) < 4.78 is 33.3. The van der Waals surface area contributed by atoms with Crippen LogP contribution in [0.3, 0.4) is 0 Å². The second-order valence-electron chi connectivity index (χ2n) is 5.39. The second-order valence-corrected chi connectivity index (χ2v) is 10.5. The predicted molar refractivity (Wildman–Crippen MR) is 99.1 cm³/mol. The van der Waals surface area contributed by atoms with E-state index in [4.69, 9.17) is 17.0 Å². The fourth-order valence-electron chi connectivity index (χ4n) is 3.02. The van der Waals surface area contributed by atoms with Crippen LogP contribution in [-0.4, -0.2) is 13.0 Å². The molecule has 0 aliphatic heterocycles. The molecular weight excluding hydrogens is 458 g/mol. The summed E-state index contributed by atoms with van der Waals surface area (Å²) in [6.45, 7) is 3.85. The van der Waals surface area contributed by atoms with Crippen molar-refractivity contribution in [2.75, 3.05) is 0 Å². The van der Waals surface area contributed by atoms with Crippen molar-refractivity contribution in [2.45, 2.75) is 26.7 Å². The first-order chi connectivity index (χ1) is 11.9. The topological polar surface area (TPSA) is 54.4 Å². The van der Waals surface area contributed by atoms with Gasteiger partial charge in [-0.2, -0.15) is 8.42 Å². The summed E-state index contributed by atoms with van der Waals surface area (Å²) >= 11 is -0.826. The van der Waals surface area contributed by atoms with Gasteiger partial charge in [0.25, 0.3) is 10.1 Å². The molecule has 25 heavy (non-hydrogen) atoms. The summed E-state index contributed by atoms with van der Waals surface area (Å²) in [5.41, 5.74) is 4.89. The number of rotatable bonds is 4. The van der Waals surface area contributed by atoms with E-state index < -0.39 is 31.0 Å². The summed E-state index contributed by atoms with van der Waals surface area (Å²) in [6, 6.07) is 9.84. The zero-order valence-corrected chi connectivity index (χ0v) is 18.6. The first-order valence-corrected chi connectivity index (χ1v) is 15.5. The van der Waals surface area contributed by atoms with Crippen LogP contribution in [-0.2, 0) is 31.0 Å². The number of fused-ring (bicyclic) bond motifs is 1. The van der Waals surface area contributed by atoms with Gasteiger partial charge in [0.05, 0.1) is 0 Å². The maximum atomic E-state index is 11.8. The molecule has 1 aromatic rings. The Morgan fingerprint density at radius 1 is 1.12 bits per heavy atom. The minimum atomic E-state index is -4.26. The van der Waals surface area contributed by atoms with E-state index in [1.807, 2.05) is 50.3 Å². The third-order valence-electron chi connectivity index (χ3n) is 4.01. The molecule has 0 unspecified atom stereocenters. The molecule has 0 heterocycles. The molecule has 2 aliphatic carbocycles. The Labute approximate surface area is 167 Å². The summed E-state index contributed by atoms with van der Waals surface area (Å²) in [5.74, 6) is 0. The Kier molecular flexibility index (Phi) is 7.48. The molecule has 0 saturated carbocycles. The Morgan fingerprint density at radius 3 is 2.20 bits per heavy atom. The van der Waals surface area contributed by atoms with Gasteiger partial charge in [0.15, 0.2) is 0 Å². The van der Waals surface area contributed by atoms with Crippen LogP contribution in [0.4, 0.5) is 0 Å². The van der Waals surface area contributed by atoms with E-state index in [1.165, 1.54) is 0 Å². The van der Waals surface area contributed by atoms with Gasteiger partial charge in [-0.1, -0.05) is 44.2 Å². The van der Waals surface area contributed by atoms with Crippen molar-refractivity contribution in [1.29, 1.82) is 0 Å². The molecular formula is C18H17Cl2O3SZr. The zero-order chi connectivity index (χ0) is 18.6. The Bertz CT molecular complexity index is 882. The van der Waals surface area contributed by atoms with Crippen molar-refractivity contribution in [3.05, 3.63) is 75.2 Å². The van der Waals surface area contributed by atoms with Crippen LogP contribution in [0.15, 0.2) is 63.6 Å². The molecule has 7 heteroatoms. The molecule has 0 aromatic heterocycles. The van der Waals surface area contributed by atoms with Crippen LogP contribution >= 0.6 is 17.0 Å². The van der Waals surface area contributed by atoms with Crippen LogP contribution in [0, 0.1) is 6.08 Å². The van der Waals surface area contributed by atoms with Crippen LogP contribution in [0.25, 0.3) is 5.57 Å². The van der Waals surface area contributed by atoms with Gasteiger partial charge in [0.2, 0.25) is 0 Å². The SMILES string of the molecule is CCC1=C(S(=O)(=O)O)C2=C(CC)C=C(c3ccccc3)C2=[C]1.[Cl][Zr][Cl]. The zero-order valence-electron chi connectivity index (χ0n) is 13.8. The second kappa shape index (κ2) is 8.97. The van der Waals surface area contributed by atoms with Gasteiger partial charge < -0.3 is 0 Å². The number of allylic oxidation sites excluding steroid dienone is 7. The molecule has 3 rings (SSSR count). The van der Waals surface area contributed by atoms with E-state index in [9.17, 15) is 13.0 Å². The molecule has 0 saturated heterocycles. The molecule has 3 nitrogen and oxygen atoms in total. The van der Waals surface area contributed by atoms with Gasteiger partial charge in [-0.25, -0.2) is 0 Å². The number of benzene rings is 1. The van der Waals surface area contributed by atoms with Crippen LogP contribution < -0.4 is 0 Å². The molecule has 1 N–H and O–H groups in total. The van der Waals surface area contributed by atoms with Gasteiger partial charge in [-0.3, -0.25) is 4.55 Å². The number of halogens is 2. The molecule has 0 bridgehead atoms. The summed E-state index contributed by atoms with van der Waals surface area (Å²) in [4.78, 5) is 0.0315. The molecule has 0 fully saturated rings. The predicted octanol–water partition coefficient (Wildman–Crippen LogP) is 5.46. The normalized spacial score (nSPS) is 16.2. The molecule has 1 aromatic carbocycles. The molecule has 0 atom stereocenters. The first kappa shape index (κ1) is 20.9. The number of hydrogen-bond donors (Lipinski definition) is 1. The van der Waals surface area contributed by atoms with Crippen molar-refractivity contribution < 1.29 is 33.8 Å². The standard InChI is InChI=1S/C18H17O3S.2ClH.Zr/c1-3-12-10-15(14-8-6-5-7-9-14)16-11-13(4-2)18(17(12)16)22(19,20)21;;;/h5-10H,3-4H2,1-2H3,(H,19,20,21);2*1H;/q;;;+2/p-2. The molecule has 1 radical (unpaired) electrons.